The average Bonchev–Trinajstić information content (AvgIpc) is 3.11. The van der Waals surface area contributed by atoms with E-state index >= 15 is 0 Å². The summed E-state index contributed by atoms with van der Waals surface area (Å²) in [5.74, 6) is 0. The van der Waals surface area contributed by atoms with Crippen LogP contribution >= 0.6 is 0 Å². The van der Waals surface area contributed by atoms with Gasteiger partial charge in [0, 0.05) is 34.1 Å². The zero-order valence-electron chi connectivity index (χ0n) is 14.0. The molecule has 5 rings (SSSR count). The van der Waals surface area contributed by atoms with Crippen molar-refractivity contribution in [3.8, 4) is 0 Å². The first-order valence-electron chi connectivity index (χ1n) is 8.59. The van der Waals surface area contributed by atoms with E-state index in [1.807, 2.05) is 0 Å². The van der Waals surface area contributed by atoms with Crippen LogP contribution < -0.4 is 0 Å². The van der Waals surface area contributed by atoms with Gasteiger partial charge in [-0.2, -0.15) is 0 Å². The molecule has 5 aromatic rings. The quantitative estimate of drug-likeness (QED) is 0.380. The van der Waals surface area contributed by atoms with Crippen LogP contribution in [0.15, 0.2) is 59.0 Å². The molecule has 0 fully saturated rings. The van der Waals surface area contributed by atoms with Crippen LogP contribution in [0.3, 0.4) is 0 Å². The molecular formula is C22H19NO. The van der Waals surface area contributed by atoms with Crippen molar-refractivity contribution < 1.29 is 4.42 Å². The minimum Gasteiger partial charge on any atom is -0.454 e. The second kappa shape index (κ2) is 4.88. The topological polar surface area (TPSA) is 18.1 Å². The molecular weight excluding hydrogens is 294 g/mol. The molecule has 0 bridgehead atoms. The molecule has 0 unspecified atom stereocenters. The third-order valence-corrected chi connectivity index (χ3v) is 5.11. The van der Waals surface area contributed by atoms with Crippen LogP contribution in [0.1, 0.15) is 18.9 Å². The average molecular weight is 313 g/mol. The number of rotatable bonds is 2. The van der Waals surface area contributed by atoms with Gasteiger partial charge < -0.3 is 8.98 Å². The maximum Gasteiger partial charge on any atom is 0.159 e. The van der Waals surface area contributed by atoms with Crippen molar-refractivity contribution >= 4 is 43.7 Å². The van der Waals surface area contributed by atoms with Crippen molar-refractivity contribution in [2.75, 3.05) is 0 Å². The summed E-state index contributed by atoms with van der Waals surface area (Å²) in [7, 11) is 2.12. The first-order chi connectivity index (χ1) is 11.8. The number of nitrogens with zero attached hydrogens (tertiary/aromatic N) is 1. The summed E-state index contributed by atoms with van der Waals surface area (Å²) in [6, 6.07) is 19.6. The van der Waals surface area contributed by atoms with Gasteiger partial charge in [-0.25, -0.2) is 0 Å². The molecule has 2 aromatic heterocycles. The lowest BCUT2D eigenvalue weighted by molar-refractivity contribution is 0.669. The number of fused-ring (bicyclic) bond motifs is 7. The molecule has 0 N–H and O–H groups in total. The highest BCUT2D eigenvalue weighted by Crippen LogP contribution is 2.38. The Hall–Kier alpha value is -2.74. The summed E-state index contributed by atoms with van der Waals surface area (Å²) in [5, 5.41) is 4.95. The van der Waals surface area contributed by atoms with Crippen molar-refractivity contribution in [3.63, 3.8) is 0 Å². The molecule has 2 heteroatoms. The van der Waals surface area contributed by atoms with Crippen molar-refractivity contribution in [2.45, 2.75) is 19.8 Å². The standard InChI is InChI=1S/C22H19NO/c1-3-6-14-9-10-16-18-12-11-17-15-7-4-5-8-19(15)23(2)21(17)22(18)24-20(16)13-14/h4-5,7-13H,3,6H2,1-2H3. The summed E-state index contributed by atoms with van der Waals surface area (Å²) in [6.07, 6.45) is 2.25. The van der Waals surface area contributed by atoms with E-state index < -0.39 is 0 Å². The molecule has 0 aliphatic carbocycles. The first kappa shape index (κ1) is 13.7. The third kappa shape index (κ3) is 1.71. The Balaban J connectivity index is 1.95. The van der Waals surface area contributed by atoms with Gasteiger partial charge in [0.15, 0.2) is 5.58 Å². The van der Waals surface area contributed by atoms with Crippen LogP contribution in [-0.4, -0.2) is 4.57 Å². The van der Waals surface area contributed by atoms with Gasteiger partial charge in [-0.3, -0.25) is 0 Å². The Bertz CT molecular complexity index is 1220. The predicted octanol–water partition coefficient (Wildman–Crippen LogP) is 6.18. The van der Waals surface area contributed by atoms with Crippen molar-refractivity contribution in [2.24, 2.45) is 7.05 Å². The molecule has 0 aliphatic heterocycles. The fourth-order valence-corrected chi connectivity index (χ4v) is 3.98. The molecule has 2 nitrogen and oxygen atoms in total. The molecule has 118 valence electrons. The van der Waals surface area contributed by atoms with Gasteiger partial charge in [0.1, 0.15) is 5.58 Å². The number of benzene rings is 3. The van der Waals surface area contributed by atoms with E-state index in [2.05, 4.69) is 73.1 Å². The fourth-order valence-electron chi connectivity index (χ4n) is 3.98. The molecule has 0 radical (unpaired) electrons. The van der Waals surface area contributed by atoms with Gasteiger partial charge in [0.25, 0.3) is 0 Å². The van der Waals surface area contributed by atoms with Crippen molar-refractivity contribution in [1.82, 2.24) is 4.57 Å². The fraction of sp³-hybridized carbons (Fsp3) is 0.182. The van der Waals surface area contributed by atoms with Crippen LogP contribution in [-0.2, 0) is 13.5 Å². The molecule has 0 saturated carbocycles. The highest BCUT2D eigenvalue weighted by Gasteiger charge is 2.16. The van der Waals surface area contributed by atoms with Crippen LogP contribution in [0.2, 0.25) is 0 Å². The summed E-state index contributed by atoms with van der Waals surface area (Å²) in [6.45, 7) is 2.21. The highest BCUT2D eigenvalue weighted by molar-refractivity contribution is 6.20. The number of furan rings is 1. The van der Waals surface area contributed by atoms with Crippen LogP contribution in [0.4, 0.5) is 0 Å². The van der Waals surface area contributed by atoms with Crippen LogP contribution in [0, 0.1) is 0 Å². The third-order valence-electron chi connectivity index (χ3n) is 5.11. The molecule has 3 aromatic carbocycles. The van der Waals surface area contributed by atoms with Gasteiger partial charge in [-0.05, 0) is 30.2 Å². The molecule has 0 saturated heterocycles. The monoisotopic (exact) mass is 313 g/mol. The smallest absolute Gasteiger partial charge is 0.159 e. The molecule has 2 heterocycles. The van der Waals surface area contributed by atoms with E-state index in [-0.39, 0.29) is 0 Å². The van der Waals surface area contributed by atoms with E-state index in [1.165, 1.54) is 38.1 Å². The number of aromatic nitrogens is 1. The van der Waals surface area contributed by atoms with E-state index in [0.717, 1.165) is 24.0 Å². The van der Waals surface area contributed by atoms with E-state index in [4.69, 9.17) is 4.42 Å². The van der Waals surface area contributed by atoms with E-state index in [1.54, 1.807) is 0 Å². The second-order valence-electron chi connectivity index (χ2n) is 6.60. The highest BCUT2D eigenvalue weighted by atomic mass is 16.3. The number of hydrogen-bond donors (Lipinski definition) is 0. The SMILES string of the molecule is CCCc1ccc2c(c1)oc1c2ccc2c3ccccc3n(C)c21. The number of para-hydroxylation sites is 1. The lowest BCUT2D eigenvalue weighted by Crippen LogP contribution is -1.86. The predicted molar refractivity (Wildman–Crippen MR) is 102 cm³/mol. The van der Waals surface area contributed by atoms with Gasteiger partial charge in [0.05, 0.1) is 5.52 Å². The van der Waals surface area contributed by atoms with Gasteiger partial charge in [-0.15, -0.1) is 0 Å². The normalized spacial score (nSPS) is 12.1. The minimum atomic E-state index is 0.994. The van der Waals surface area contributed by atoms with Crippen LogP contribution in [0.25, 0.3) is 43.7 Å². The van der Waals surface area contributed by atoms with E-state index in [0.29, 0.717) is 0 Å². The Morgan fingerprint density at radius 3 is 2.54 bits per heavy atom. The summed E-state index contributed by atoms with van der Waals surface area (Å²) in [4.78, 5) is 0. The molecule has 24 heavy (non-hydrogen) atoms. The molecule has 0 amide bonds. The summed E-state index contributed by atoms with van der Waals surface area (Å²) in [5.41, 5.74) is 5.76. The van der Waals surface area contributed by atoms with Gasteiger partial charge in [-0.1, -0.05) is 49.7 Å². The zero-order valence-corrected chi connectivity index (χ0v) is 14.0. The summed E-state index contributed by atoms with van der Waals surface area (Å²) >= 11 is 0. The minimum absolute atomic E-state index is 0.994. The van der Waals surface area contributed by atoms with Gasteiger partial charge in [0.2, 0.25) is 0 Å². The lowest BCUT2D eigenvalue weighted by Gasteiger charge is -1.98. The van der Waals surface area contributed by atoms with Crippen molar-refractivity contribution in [3.05, 3.63) is 60.2 Å². The number of aryl methyl sites for hydroxylation is 2. The molecule has 0 aliphatic rings. The Morgan fingerprint density at radius 2 is 1.67 bits per heavy atom. The van der Waals surface area contributed by atoms with Crippen molar-refractivity contribution in [1.29, 1.82) is 0 Å². The summed E-state index contributed by atoms with van der Waals surface area (Å²) < 4.78 is 8.59. The Labute approximate surface area is 140 Å². The molecule has 0 spiro atoms. The maximum absolute atomic E-state index is 6.34. The molecule has 0 atom stereocenters. The second-order valence-corrected chi connectivity index (χ2v) is 6.60. The maximum atomic E-state index is 6.34. The number of hydrogen-bond acceptors (Lipinski definition) is 1. The Morgan fingerprint density at radius 1 is 0.875 bits per heavy atom. The largest absolute Gasteiger partial charge is 0.454 e. The van der Waals surface area contributed by atoms with E-state index in [9.17, 15) is 0 Å². The van der Waals surface area contributed by atoms with Gasteiger partial charge >= 0.3 is 0 Å². The first-order valence-corrected chi connectivity index (χ1v) is 8.59. The zero-order chi connectivity index (χ0) is 16.3. The lowest BCUT2D eigenvalue weighted by atomic mass is 10.1. The Kier molecular flexibility index (Phi) is 2.78. The van der Waals surface area contributed by atoms with Crippen LogP contribution in [0.5, 0.6) is 0 Å².